The Labute approximate surface area is 165 Å². The summed E-state index contributed by atoms with van der Waals surface area (Å²) in [7, 11) is 1.38. The first-order chi connectivity index (χ1) is 13.2. The van der Waals surface area contributed by atoms with Crippen LogP contribution in [0.4, 0.5) is 0 Å². The molecule has 0 saturated heterocycles. The molecule has 0 N–H and O–H groups in total. The molecule has 0 radical (unpaired) electrons. The smallest absolute Gasteiger partial charge is 0.305 e. The maximum atomic E-state index is 13.2. The van der Waals surface area contributed by atoms with Gasteiger partial charge in [-0.3, -0.25) is 14.2 Å². The molecular weight excluding hydrogens is 380 g/mol. The van der Waals surface area contributed by atoms with E-state index in [1.165, 1.54) is 30.2 Å². The fourth-order valence-electron chi connectivity index (χ4n) is 2.72. The third-order valence-electron chi connectivity index (χ3n) is 4.04. The topological polar surface area (TPSA) is 61.2 Å². The molecule has 0 atom stereocenters. The van der Waals surface area contributed by atoms with Crippen LogP contribution in [0, 0.1) is 0 Å². The summed E-state index contributed by atoms with van der Waals surface area (Å²) >= 11 is 2.95. The summed E-state index contributed by atoms with van der Waals surface area (Å²) in [6.45, 7) is 4.16. The summed E-state index contributed by atoms with van der Waals surface area (Å²) in [5.74, 6) is 0.453. The van der Waals surface area contributed by atoms with Gasteiger partial charge in [0.15, 0.2) is 5.16 Å². The van der Waals surface area contributed by atoms with Crippen molar-refractivity contribution < 1.29 is 9.53 Å². The molecule has 0 aliphatic rings. The Morgan fingerprint density at radius 1 is 1.37 bits per heavy atom. The number of methoxy groups -OCH3 is 1. The van der Waals surface area contributed by atoms with Gasteiger partial charge >= 0.3 is 5.97 Å². The van der Waals surface area contributed by atoms with Gasteiger partial charge in [0.1, 0.15) is 4.83 Å². The van der Waals surface area contributed by atoms with Crippen LogP contribution in [0.15, 0.2) is 58.3 Å². The molecule has 1 aromatic carbocycles. The molecular formula is C20H20N2O3S2. The van der Waals surface area contributed by atoms with Crippen LogP contribution in [-0.2, 0) is 16.1 Å². The molecule has 7 heteroatoms. The molecule has 0 unspecified atom stereocenters. The van der Waals surface area contributed by atoms with Crippen molar-refractivity contribution in [3.63, 3.8) is 0 Å². The molecule has 2 heterocycles. The number of aromatic nitrogens is 2. The number of allylic oxidation sites excluding steroid dienone is 1. The fourth-order valence-corrected chi connectivity index (χ4v) is 4.65. The number of ether oxygens (including phenoxy) is 1. The number of hydrogen-bond acceptors (Lipinski definition) is 6. The van der Waals surface area contributed by atoms with E-state index < -0.39 is 0 Å². The molecule has 0 fully saturated rings. The lowest BCUT2D eigenvalue weighted by atomic mass is 10.1. The van der Waals surface area contributed by atoms with Crippen molar-refractivity contribution in [1.29, 1.82) is 0 Å². The van der Waals surface area contributed by atoms with Gasteiger partial charge in [-0.05, 0) is 12.0 Å². The van der Waals surface area contributed by atoms with Gasteiger partial charge in [-0.15, -0.1) is 17.9 Å². The zero-order chi connectivity index (χ0) is 19.2. The number of hydrogen-bond donors (Lipinski definition) is 0. The number of esters is 1. The Kier molecular flexibility index (Phi) is 6.47. The van der Waals surface area contributed by atoms with Gasteiger partial charge in [0, 0.05) is 29.7 Å². The van der Waals surface area contributed by atoms with Crippen LogP contribution >= 0.6 is 23.1 Å². The van der Waals surface area contributed by atoms with E-state index in [4.69, 9.17) is 4.98 Å². The summed E-state index contributed by atoms with van der Waals surface area (Å²) in [6.07, 6.45) is 2.72. The van der Waals surface area contributed by atoms with E-state index >= 15 is 0 Å². The molecule has 3 rings (SSSR count). The Hall–Kier alpha value is -2.38. The predicted octanol–water partition coefficient (Wildman–Crippen LogP) is 4.36. The Morgan fingerprint density at radius 3 is 2.85 bits per heavy atom. The standard InChI is InChI=1S/C20H20N2O3S2/c1-3-11-22-19(24)17-15(14-8-5-4-6-9-14)13-27-18(17)21-20(22)26-12-7-10-16(23)25-2/h3-6,8-9,13H,1,7,10-12H2,2H3. The van der Waals surface area contributed by atoms with Gasteiger partial charge in [-0.2, -0.15) is 0 Å². The van der Waals surface area contributed by atoms with E-state index in [0.717, 1.165) is 16.0 Å². The molecule has 0 bridgehead atoms. The number of fused-ring (bicyclic) bond motifs is 1. The second-order valence-corrected chi connectivity index (χ2v) is 7.74. The summed E-state index contributed by atoms with van der Waals surface area (Å²) in [4.78, 5) is 29.9. The number of rotatable bonds is 8. The van der Waals surface area contributed by atoms with E-state index in [0.29, 0.717) is 35.7 Å². The summed E-state index contributed by atoms with van der Waals surface area (Å²) < 4.78 is 6.31. The van der Waals surface area contributed by atoms with E-state index in [2.05, 4.69) is 11.3 Å². The number of benzene rings is 1. The zero-order valence-corrected chi connectivity index (χ0v) is 16.6. The van der Waals surface area contributed by atoms with Crippen LogP contribution in [0.5, 0.6) is 0 Å². The third-order valence-corrected chi connectivity index (χ3v) is 5.97. The lowest BCUT2D eigenvalue weighted by molar-refractivity contribution is -0.140. The predicted molar refractivity (Wildman–Crippen MR) is 111 cm³/mol. The quantitative estimate of drug-likeness (QED) is 0.185. The molecule has 27 heavy (non-hydrogen) atoms. The number of thiophene rings is 1. The summed E-state index contributed by atoms with van der Waals surface area (Å²) in [5.41, 5.74) is 1.86. The summed E-state index contributed by atoms with van der Waals surface area (Å²) in [5, 5.41) is 3.28. The Morgan fingerprint density at radius 2 is 2.15 bits per heavy atom. The van der Waals surface area contributed by atoms with Crippen LogP contribution in [0.1, 0.15) is 12.8 Å². The Bertz CT molecular complexity index is 1010. The summed E-state index contributed by atoms with van der Waals surface area (Å²) in [6, 6.07) is 9.86. The average Bonchev–Trinajstić information content (AvgIpc) is 3.12. The SMILES string of the molecule is C=CCn1c(SCCCC(=O)OC)nc2scc(-c3ccccc3)c2c1=O. The molecule has 0 amide bonds. The molecule has 5 nitrogen and oxygen atoms in total. The number of carbonyl (C=O) groups is 1. The highest BCUT2D eigenvalue weighted by molar-refractivity contribution is 7.99. The number of nitrogens with zero attached hydrogens (tertiary/aromatic N) is 2. The second kappa shape index (κ2) is 9.01. The van der Waals surface area contributed by atoms with Crippen molar-refractivity contribution in [2.24, 2.45) is 0 Å². The zero-order valence-electron chi connectivity index (χ0n) is 15.0. The molecule has 140 valence electrons. The van der Waals surface area contributed by atoms with E-state index in [-0.39, 0.29) is 11.5 Å². The minimum atomic E-state index is -0.228. The average molecular weight is 401 g/mol. The lowest BCUT2D eigenvalue weighted by Crippen LogP contribution is -2.22. The van der Waals surface area contributed by atoms with Crippen LogP contribution < -0.4 is 5.56 Å². The largest absolute Gasteiger partial charge is 0.469 e. The maximum Gasteiger partial charge on any atom is 0.305 e. The van der Waals surface area contributed by atoms with Gasteiger partial charge in [-0.25, -0.2) is 4.98 Å². The van der Waals surface area contributed by atoms with Crippen LogP contribution in [0.3, 0.4) is 0 Å². The normalized spacial score (nSPS) is 10.9. The van der Waals surface area contributed by atoms with Crippen molar-refractivity contribution in [2.75, 3.05) is 12.9 Å². The molecule has 0 aliphatic carbocycles. The minimum Gasteiger partial charge on any atom is -0.469 e. The first-order valence-electron chi connectivity index (χ1n) is 8.53. The second-order valence-electron chi connectivity index (χ2n) is 5.82. The molecule has 0 spiro atoms. The fraction of sp³-hybridized carbons (Fsp3) is 0.250. The van der Waals surface area contributed by atoms with Crippen molar-refractivity contribution in [1.82, 2.24) is 9.55 Å². The third kappa shape index (κ3) is 4.31. The first-order valence-corrected chi connectivity index (χ1v) is 10.4. The van der Waals surface area contributed by atoms with Gasteiger partial charge in [0.05, 0.1) is 12.5 Å². The Balaban J connectivity index is 1.96. The van der Waals surface area contributed by atoms with Crippen molar-refractivity contribution in [2.45, 2.75) is 24.5 Å². The van der Waals surface area contributed by atoms with Gasteiger partial charge in [-0.1, -0.05) is 48.2 Å². The van der Waals surface area contributed by atoms with E-state index in [9.17, 15) is 9.59 Å². The van der Waals surface area contributed by atoms with E-state index in [1.54, 1.807) is 10.6 Å². The lowest BCUT2D eigenvalue weighted by Gasteiger charge is -2.10. The van der Waals surface area contributed by atoms with Gasteiger partial charge in [0.2, 0.25) is 0 Å². The molecule has 0 aliphatic heterocycles. The van der Waals surface area contributed by atoms with Crippen molar-refractivity contribution >= 4 is 39.3 Å². The van der Waals surface area contributed by atoms with E-state index in [1.807, 2.05) is 35.7 Å². The molecule has 0 saturated carbocycles. The molecule has 3 aromatic rings. The highest BCUT2D eigenvalue weighted by Crippen LogP contribution is 2.32. The minimum absolute atomic E-state index is 0.0597. The number of carbonyl (C=O) groups excluding carboxylic acids is 1. The maximum absolute atomic E-state index is 13.2. The van der Waals surface area contributed by atoms with Crippen molar-refractivity contribution in [3.05, 3.63) is 58.7 Å². The number of thioether (sulfide) groups is 1. The van der Waals surface area contributed by atoms with Crippen LogP contribution in [0.2, 0.25) is 0 Å². The highest BCUT2D eigenvalue weighted by atomic mass is 32.2. The first kappa shape index (κ1) is 19.4. The van der Waals surface area contributed by atoms with Crippen molar-refractivity contribution in [3.8, 4) is 11.1 Å². The molecule has 2 aromatic heterocycles. The van der Waals surface area contributed by atoms with Gasteiger partial charge < -0.3 is 4.74 Å². The monoisotopic (exact) mass is 400 g/mol. The van der Waals surface area contributed by atoms with Gasteiger partial charge in [0.25, 0.3) is 5.56 Å². The van der Waals surface area contributed by atoms with Crippen LogP contribution in [-0.4, -0.2) is 28.4 Å². The highest BCUT2D eigenvalue weighted by Gasteiger charge is 2.17. The van der Waals surface area contributed by atoms with Crippen LogP contribution in [0.25, 0.3) is 21.3 Å².